The second kappa shape index (κ2) is 6.58. The van der Waals surface area contributed by atoms with Crippen LogP contribution in [-0.4, -0.2) is 28.6 Å². The predicted octanol–water partition coefficient (Wildman–Crippen LogP) is 2.88. The first-order valence-electron chi connectivity index (χ1n) is 6.13. The van der Waals surface area contributed by atoms with Crippen molar-refractivity contribution in [2.24, 2.45) is 0 Å². The van der Waals surface area contributed by atoms with E-state index < -0.39 is 23.4 Å². The Balaban J connectivity index is 2.94. The number of carboxylic acid groups (broad SMARTS) is 1. The summed E-state index contributed by atoms with van der Waals surface area (Å²) in [6, 6.07) is 4.41. The number of ether oxygens (including phenoxy) is 1. The first kappa shape index (κ1) is 17.0. The number of carbonyl (C=O) groups excluding carboxylic acids is 2. The third-order valence-corrected chi connectivity index (χ3v) is 2.53. The van der Waals surface area contributed by atoms with Crippen LogP contribution in [0.2, 0.25) is 5.02 Å². The van der Waals surface area contributed by atoms with E-state index in [1.807, 2.05) is 0 Å². The summed E-state index contributed by atoms with van der Waals surface area (Å²) >= 11 is 5.84. The molecule has 1 amide bonds. The molecule has 1 rings (SSSR count). The summed E-state index contributed by atoms with van der Waals surface area (Å²) in [5.41, 5.74) is -0.0938. The summed E-state index contributed by atoms with van der Waals surface area (Å²) in [7, 11) is 0. The van der Waals surface area contributed by atoms with E-state index in [0.29, 0.717) is 10.6 Å². The van der Waals surface area contributed by atoms with Gasteiger partial charge < -0.3 is 9.84 Å². The lowest BCUT2D eigenvalue weighted by Gasteiger charge is -2.20. The largest absolute Gasteiger partial charge is 0.475 e. The summed E-state index contributed by atoms with van der Waals surface area (Å²) in [6.07, 6.45) is -1.06. The molecule has 0 radical (unpaired) electrons. The van der Waals surface area contributed by atoms with Gasteiger partial charge in [-0.15, -0.1) is 0 Å². The molecule has 0 aliphatic carbocycles. The van der Waals surface area contributed by atoms with Crippen LogP contribution >= 0.6 is 11.6 Å². The van der Waals surface area contributed by atoms with Gasteiger partial charge in [-0.2, -0.15) is 0 Å². The summed E-state index contributed by atoms with van der Waals surface area (Å²) in [5.74, 6) is -2.52. The first-order chi connectivity index (χ1) is 9.58. The van der Waals surface area contributed by atoms with Crippen molar-refractivity contribution in [3.8, 4) is 0 Å². The van der Waals surface area contributed by atoms with E-state index in [1.165, 1.54) is 18.2 Å². The summed E-state index contributed by atoms with van der Waals surface area (Å²) in [6.45, 7) is 5.12. The third kappa shape index (κ3) is 5.83. The number of nitrogens with one attached hydrogen (secondary N) is 1. The van der Waals surface area contributed by atoms with Crippen LogP contribution in [0.5, 0.6) is 0 Å². The van der Waals surface area contributed by atoms with E-state index in [9.17, 15) is 14.4 Å². The van der Waals surface area contributed by atoms with Crippen LogP contribution in [0.4, 0.5) is 10.5 Å². The molecular formula is C14H16ClNO5. The van der Waals surface area contributed by atoms with Gasteiger partial charge in [-0.1, -0.05) is 17.7 Å². The summed E-state index contributed by atoms with van der Waals surface area (Å²) < 4.78 is 5.09. The minimum Gasteiger partial charge on any atom is -0.475 e. The Kier molecular flexibility index (Phi) is 5.32. The van der Waals surface area contributed by atoms with Crippen LogP contribution in [0.1, 0.15) is 26.3 Å². The number of halogens is 1. The lowest BCUT2D eigenvalue weighted by molar-refractivity contribution is -0.148. The molecule has 0 aromatic heterocycles. The van der Waals surface area contributed by atoms with Crippen LogP contribution in [0.15, 0.2) is 18.2 Å². The van der Waals surface area contributed by atoms with E-state index in [-0.39, 0.29) is 12.1 Å². The molecule has 6 nitrogen and oxygen atoms in total. The van der Waals surface area contributed by atoms with Crippen molar-refractivity contribution >= 4 is 35.1 Å². The van der Waals surface area contributed by atoms with E-state index in [4.69, 9.17) is 21.4 Å². The number of carboxylic acids is 1. The number of Topliss-reactive ketones (excluding diaryl/α,β-unsaturated/α-hetero) is 1. The number of aliphatic carboxylic acids is 1. The van der Waals surface area contributed by atoms with Gasteiger partial charge in [-0.3, -0.25) is 10.1 Å². The molecule has 1 aromatic rings. The second-order valence-corrected chi connectivity index (χ2v) is 5.77. The molecule has 0 atom stereocenters. The highest BCUT2D eigenvalue weighted by molar-refractivity contribution is 6.33. The summed E-state index contributed by atoms with van der Waals surface area (Å²) in [5, 5.41) is 11.4. The number of amides is 1. The maximum Gasteiger partial charge on any atom is 0.412 e. The van der Waals surface area contributed by atoms with Crippen LogP contribution in [-0.2, 0) is 20.7 Å². The lowest BCUT2D eigenvalue weighted by Crippen LogP contribution is -2.27. The number of rotatable bonds is 4. The Morgan fingerprint density at radius 2 is 1.90 bits per heavy atom. The molecule has 7 heteroatoms. The molecule has 0 saturated carbocycles. The van der Waals surface area contributed by atoms with Gasteiger partial charge in [0.1, 0.15) is 5.60 Å². The molecule has 0 bridgehead atoms. The van der Waals surface area contributed by atoms with Gasteiger partial charge in [-0.05, 0) is 38.5 Å². The predicted molar refractivity (Wildman–Crippen MR) is 77.7 cm³/mol. The molecular weight excluding hydrogens is 298 g/mol. The maximum absolute atomic E-state index is 11.7. The van der Waals surface area contributed by atoms with Crippen molar-refractivity contribution in [1.82, 2.24) is 0 Å². The molecule has 0 heterocycles. The fourth-order valence-electron chi connectivity index (χ4n) is 1.48. The van der Waals surface area contributed by atoms with Gasteiger partial charge in [0.2, 0.25) is 5.78 Å². The van der Waals surface area contributed by atoms with Crippen molar-refractivity contribution in [3.63, 3.8) is 0 Å². The zero-order valence-corrected chi connectivity index (χ0v) is 12.7. The molecule has 21 heavy (non-hydrogen) atoms. The zero-order valence-electron chi connectivity index (χ0n) is 11.9. The molecule has 1 aromatic carbocycles. The van der Waals surface area contributed by atoms with Crippen molar-refractivity contribution in [2.75, 3.05) is 5.32 Å². The molecule has 0 unspecified atom stereocenters. The van der Waals surface area contributed by atoms with Crippen LogP contribution in [0.3, 0.4) is 0 Å². The quantitative estimate of drug-likeness (QED) is 0.834. The average Bonchev–Trinajstić information content (AvgIpc) is 2.29. The van der Waals surface area contributed by atoms with Gasteiger partial charge in [0.15, 0.2) is 0 Å². The number of benzene rings is 1. The van der Waals surface area contributed by atoms with Gasteiger partial charge in [0, 0.05) is 17.1 Å². The van der Waals surface area contributed by atoms with Crippen LogP contribution < -0.4 is 5.32 Å². The standard InChI is InChI=1S/C14H16ClNO5/c1-14(2,3)21-13(20)16-10-7-9(15)5-4-8(10)6-11(17)12(18)19/h4-5,7H,6H2,1-3H3,(H,16,20)(H,18,19). The Hall–Kier alpha value is -2.08. The number of anilines is 1. The van der Waals surface area contributed by atoms with E-state index in [2.05, 4.69) is 5.32 Å². The number of hydrogen-bond donors (Lipinski definition) is 2. The topological polar surface area (TPSA) is 92.7 Å². The molecule has 2 N–H and O–H groups in total. The fourth-order valence-corrected chi connectivity index (χ4v) is 1.65. The average molecular weight is 314 g/mol. The summed E-state index contributed by atoms with van der Waals surface area (Å²) in [4.78, 5) is 33.6. The van der Waals surface area contributed by atoms with Gasteiger partial charge in [-0.25, -0.2) is 9.59 Å². The highest BCUT2D eigenvalue weighted by atomic mass is 35.5. The maximum atomic E-state index is 11.7. The van der Waals surface area contributed by atoms with Gasteiger partial charge >= 0.3 is 12.1 Å². The molecule has 0 spiro atoms. The molecule has 114 valence electrons. The minimum absolute atomic E-state index is 0.242. The normalized spacial score (nSPS) is 10.9. The lowest BCUT2D eigenvalue weighted by atomic mass is 10.1. The Morgan fingerprint density at radius 1 is 1.29 bits per heavy atom. The zero-order chi connectivity index (χ0) is 16.2. The van der Waals surface area contributed by atoms with E-state index >= 15 is 0 Å². The van der Waals surface area contributed by atoms with Crippen LogP contribution in [0, 0.1) is 0 Å². The van der Waals surface area contributed by atoms with E-state index in [1.54, 1.807) is 20.8 Å². The Morgan fingerprint density at radius 3 is 2.43 bits per heavy atom. The monoisotopic (exact) mass is 313 g/mol. The van der Waals surface area contributed by atoms with Crippen molar-refractivity contribution in [1.29, 1.82) is 0 Å². The van der Waals surface area contributed by atoms with Crippen molar-refractivity contribution < 1.29 is 24.2 Å². The van der Waals surface area contributed by atoms with Gasteiger partial charge in [0.05, 0.1) is 0 Å². The number of hydrogen-bond acceptors (Lipinski definition) is 4. The van der Waals surface area contributed by atoms with E-state index in [0.717, 1.165) is 0 Å². The molecule has 0 fully saturated rings. The number of ketones is 1. The molecule has 0 aliphatic heterocycles. The third-order valence-electron chi connectivity index (χ3n) is 2.30. The fraction of sp³-hybridized carbons (Fsp3) is 0.357. The van der Waals surface area contributed by atoms with Crippen LogP contribution in [0.25, 0.3) is 0 Å². The van der Waals surface area contributed by atoms with Gasteiger partial charge in [0.25, 0.3) is 0 Å². The highest BCUT2D eigenvalue weighted by Crippen LogP contribution is 2.22. The van der Waals surface area contributed by atoms with Crippen molar-refractivity contribution in [3.05, 3.63) is 28.8 Å². The Labute approximate surface area is 127 Å². The highest BCUT2D eigenvalue weighted by Gasteiger charge is 2.19. The molecule has 0 aliphatic rings. The first-order valence-corrected chi connectivity index (χ1v) is 6.51. The Bertz CT molecular complexity index is 577. The second-order valence-electron chi connectivity index (χ2n) is 5.33. The van der Waals surface area contributed by atoms with Crippen molar-refractivity contribution in [2.45, 2.75) is 32.8 Å². The smallest absolute Gasteiger partial charge is 0.412 e. The SMILES string of the molecule is CC(C)(C)OC(=O)Nc1cc(Cl)ccc1CC(=O)C(=O)O. The molecule has 0 saturated heterocycles. The number of carbonyl (C=O) groups is 3. The minimum atomic E-state index is -1.53.